The van der Waals surface area contributed by atoms with E-state index in [1.165, 1.54) is 31.4 Å². The molecule has 2 amide bonds. The number of urea groups is 1. The number of nitrogens with zero attached hydrogens (tertiary/aromatic N) is 3. The molecule has 3 aromatic carbocycles. The maximum atomic E-state index is 12.0. The Morgan fingerprint density at radius 3 is 1.82 bits per heavy atom. The van der Waals surface area contributed by atoms with Crippen LogP contribution in [-0.2, 0) is 21.7 Å². The summed E-state index contributed by atoms with van der Waals surface area (Å²) in [5, 5.41) is 4.74. The fraction of sp³-hybridized carbons (Fsp3) is 0.152. The van der Waals surface area contributed by atoms with Crippen molar-refractivity contribution in [1.29, 1.82) is 0 Å². The second kappa shape index (κ2) is 13.1. The monoisotopic (exact) mass is 629 g/mol. The Labute approximate surface area is 257 Å². The van der Waals surface area contributed by atoms with E-state index < -0.39 is 29.7 Å². The van der Waals surface area contributed by atoms with Gasteiger partial charge in [0.1, 0.15) is 29.2 Å². The second-order valence-electron chi connectivity index (χ2n) is 10.2. The molecule has 0 aliphatic carbocycles. The molecule has 6 rings (SSSR count). The predicted molar refractivity (Wildman–Crippen MR) is 173 cm³/mol. The zero-order valence-electron chi connectivity index (χ0n) is 24.3. The summed E-state index contributed by atoms with van der Waals surface area (Å²) in [5.74, 6) is 2.41. The Morgan fingerprint density at radius 2 is 1.34 bits per heavy atom. The van der Waals surface area contributed by atoms with E-state index in [1.54, 1.807) is 25.3 Å². The van der Waals surface area contributed by atoms with Gasteiger partial charge in [0, 0.05) is 30.9 Å². The maximum Gasteiger partial charge on any atom is 0.346 e. The Bertz CT molecular complexity index is 1750. The van der Waals surface area contributed by atoms with Crippen LogP contribution in [0.25, 0.3) is 5.57 Å². The summed E-state index contributed by atoms with van der Waals surface area (Å²) in [6, 6.07) is 35.8. The van der Waals surface area contributed by atoms with Gasteiger partial charge in [0.25, 0.3) is 5.56 Å². The molecule has 44 heavy (non-hydrogen) atoms. The van der Waals surface area contributed by atoms with Gasteiger partial charge in [-0.1, -0.05) is 72.8 Å². The molecule has 0 N–H and O–H groups in total. The summed E-state index contributed by atoms with van der Waals surface area (Å²) in [6.45, 7) is 2.54. The van der Waals surface area contributed by atoms with Gasteiger partial charge in [0.05, 0.1) is 12.4 Å². The van der Waals surface area contributed by atoms with Crippen LogP contribution in [0.4, 0.5) is 4.79 Å². The number of carbonyl (C=O) groups excluding carboxylic acids is 1. The molecule has 4 aromatic rings. The molecule has 1 atom stereocenters. The molecule has 0 spiro atoms. The number of carbonyl (C=O) groups is 1. The molecule has 1 fully saturated rings. The first-order valence-corrected chi connectivity index (χ1v) is 17.1. The third-order valence-electron chi connectivity index (χ3n) is 7.54. The van der Waals surface area contributed by atoms with Crippen LogP contribution in [0.2, 0.25) is 0 Å². The van der Waals surface area contributed by atoms with Gasteiger partial charge in [-0.2, -0.15) is 9.35 Å². The lowest BCUT2D eigenvalue weighted by atomic mass is 10.00. The van der Waals surface area contributed by atoms with Crippen LogP contribution in [0.15, 0.2) is 132 Å². The van der Waals surface area contributed by atoms with Gasteiger partial charge in [-0.25, -0.2) is 13.2 Å². The molecule has 226 valence electrons. The highest BCUT2D eigenvalue weighted by Crippen LogP contribution is 2.56. The van der Waals surface area contributed by atoms with Gasteiger partial charge < -0.3 is 14.0 Å². The average Bonchev–Trinajstić information content (AvgIpc) is 3.27. The molecule has 0 radical (unpaired) electrons. The average molecular weight is 630 g/mol. The number of aromatic nitrogens is 1. The van der Waals surface area contributed by atoms with Crippen LogP contribution in [-0.4, -0.2) is 52.7 Å². The first-order valence-electron chi connectivity index (χ1n) is 13.9. The maximum absolute atomic E-state index is 12.0. The first-order chi connectivity index (χ1) is 21.2. The van der Waals surface area contributed by atoms with E-state index in [2.05, 4.69) is 114 Å². The van der Waals surface area contributed by atoms with Crippen LogP contribution in [0.3, 0.4) is 0 Å². The standard InChI is InChI=1S/C21H20P.C12H13N3O6S/c1-2-18-22(19-12-6-3-7-13-19,20-14-8-4-9-15-20)21-16-10-5-11-17-21;1-13-9(3-2-4-11(13)16)8-5-6-14-7-10(8)15(12(14)17)21-22(18,19)20/h2-18H,1H3;2-5,10H,6-7H2,1H3,(H,18,19,20)/q+1;/p-1. The number of rotatable bonds is 7. The molecule has 3 heterocycles. The number of hydroxylamine groups is 2. The lowest BCUT2D eigenvalue weighted by Gasteiger charge is -2.26. The fourth-order valence-corrected chi connectivity index (χ4v) is 9.73. The summed E-state index contributed by atoms with van der Waals surface area (Å²) in [5.41, 5.74) is 0.851. The normalized spacial score (nSPS) is 16.5. The minimum Gasteiger partial charge on any atom is -0.724 e. The number of benzene rings is 3. The Hall–Kier alpha value is -4.34. The Morgan fingerprint density at radius 1 is 0.818 bits per heavy atom. The van der Waals surface area contributed by atoms with Crippen LogP contribution < -0.4 is 21.5 Å². The third-order valence-corrected chi connectivity index (χ3v) is 12.0. The molecule has 11 heteroatoms. The largest absolute Gasteiger partial charge is 0.724 e. The van der Waals surface area contributed by atoms with E-state index in [1.807, 2.05) is 0 Å². The molecular weight excluding hydrogens is 597 g/mol. The van der Waals surface area contributed by atoms with E-state index in [0.717, 1.165) is 0 Å². The molecule has 2 aliphatic heterocycles. The fourth-order valence-electron chi connectivity index (χ4n) is 5.59. The summed E-state index contributed by atoms with van der Waals surface area (Å²) in [7, 11) is -5.24. The number of amides is 2. The zero-order chi connectivity index (χ0) is 31.3. The molecule has 1 saturated heterocycles. The van der Waals surface area contributed by atoms with E-state index in [4.69, 9.17) is 0 Å². The van der Waals surface area contributed by atoms with Gasteiger partial charge in [0.2, 0.25) is 10.4 Å². The number of pyridine rings is 1. The number of hydrogen-bond donors (Lipinski definition) is 0. The van der Waals surface area contributed by atoms with Crippen LogP contribution in [0, 0.1) is 0 Å². The summed E-state index contributed by atoms with van der Waals surface area (Å²) in [6.07, 6.45) is 3.91. The van der Waals surface area contributed by atoms with Crippen molar-refractivity contribution in [3.05, 3.63) is 143 Å². The summed E-state index contributed by atoms with van der Waals surface area (Å²) < 4.78 is 38.1. The highest BCUT2D eigenvalue weighted by molar-refractivity contribution is 7.98. The van der Waals surface area contributed by atoms with Crippen molar-refractivity contribution in [2.45, 2.75) is 13.0 Å². The first kappa shape index (κ1) is 31.1. The highest BCUT2D eigenvalue weighted by Gasteiger charge is 2.45. The molecule has 9 nitrogen and oxygen atoms in total. The van der Waals surface area contributed by atoms with Crippen molar-refractivity contribution in [3.63, 3.8) is 0 Å². The van der Waals surface area contributed by atoms with E-state index >= 15 is 0 Å². The summed E-state index contributed by atoms with van der Waals surface area (Å²) >= 11 is 0. The lowest BCUT2D eigenvalue weighted by molar-refractivity contribution is -0.0172. The molecule has 2 aliphatic rings. The smallest absolute Gasteiger partial charge is 0.346 e. The van der Waals surface area contributed by atoms with Crippen molar-refractivity contribution in [1.82, 2.24) is 14.5 Å². The molecular formula is C33H32N3O6PS. The van der Waals surface area contributed by atoms with Gasteiger partial charge in [-0.3, -0.25) is 4.79 Å². The van der Waals surface area contributed by atoms with E-state index in [-0.39, 0.29) is 18.6 Å². The van der Waals surface area contributed by atoms with E-state index in [0.29, 0.717) is 16.3 Å². The molecule has 1 unspecified atom stereocenters. The zero-order valence-corrected chi connectivity index (χ0v) is 26.0. The molecule has 2 bridgehead atoms. The van der Waals surface area contributed by atoms with Gasteiger partial charge >= 0.3 is 6.03 Å². The highest BCUT2D eigenvalue weighted by atomic mass is 32.3. The van der Waals surface area contributed by atoms with Crippen molar-refractivity contribution in [2.75, 3.05) is 13.1 Å². The van der Waals surface area contributed by atoms with E-state index in [9.17, 15) is 22.6 Å². The summed E-state index contributed by atoms with van der Waals surface area (Å²) in [4.78, 5) is 25.1. The minimum absolute atomic E-state index is 0.184. The van der Waals surface area contributed by atoms with Crippen molar-refractivity contribution < 1.29 is 22.0 Å². The van der Waals surface area contributed by atoms with Crippen molar-refractivity contribution in [2.24, 2.45) is 7.05 Å². The van der Waals surface area contributed by atoms with Crippen LogP contribution in [0.5, 0.6) is 0 Å². The lowest BCUT2D eigenvalue weighted by Crippen LogP contribution is -2.37. The molecule has 0 saturated carbocycles. The number of allylic oxidation sites excluding steroid dienone is 1. The van der Waals surface area contributed by atoms with Crippen LogP contribution in [0.1, 0.15) is 12.6 Å². The third kappa shape index (κ3) is 6.30. The topological polar surface area (TPSA) is 112 Å². The van der Waals surface area contributed by atoms with Crippen molar-refractivity contribution in [3.8, 4) is 0 Å². The molecule has 1 aromatic heterocycles. The SMILES string of the molecule is CC=C[P+](c1ccccc1)(c1ccccc1)c1ccccc1.Cn1c(C2=CCN3CC2N(OS(=O)(=O)[O-])C3=O)cccc1=O. The number of hydrogen-bond acceptors (Lipinski definition) is 6. The Kier molecular flexibility index (Phi) is 9.27. The Balaban J connectivity index is 0.000000175. The second-order valence-corrected chi connectivity index (χ2v) is 14.4. The number of fused-ring (bicyclic) bond motifs is 2. The van der Waals surface area contributed by atoms with Crippen LogP contribution >= 0.6 is 7.26 Å². The predicted octanol–water partition coefficient (Wildman–Crippen LogP) is 3.79. The van der Waals surface area contributed by atoms with Gasteiger partial charge in [0.15, 0.2) is 0 Å². The van der Waals surface area contributed by atoms with Crippen molar-refractivity contribution >= 4 is 45.2 Å². The van der Waals surface area contributed by atoms with Gasteiger partial charge in [-0.05, 0) is 49.4 Å². The quantitative estimate of drug-likeness (QED) is 0.175. The minimum atomic E-state index is -5.07. The van der Waals surface area contributed by atoms with Gasteiger partial charge in [-0.15, -0.1) is 0 Å².